The molecular formula is C17H24N2O2S2. The van der Waals surface area contributed by atoms with Gasteiger partial charge in [-0.05, 0) is 24.3 Å². The highest BCUT2D eigenvalue weighted by Gasteiger charge is 2.40. The molecule has 0 spiro atoms. The van der Waals surface area contributed by atoms with Crippen LogP contribution in [0.4, 0.5) is 0 Å². The summed E-state index contributed by atoms with van der Waals surface area (Å²) >= 11 is 3.59. The smallest absolute Gasteiger partial charge is 0.230 e. The summed E-state index contributed by atoms with van der Waals surface area (Å²) in [5.74, 6) is 2.91. The maximum atomic E-state index is 12.2. The number of morpholine rings is 1. The van der Waals surface area contributed by atoms with Gasteiger partial charge < -0.3 is 10.1 Å². The SMILES string of the molecule is O=C(CSc1ccccc1)NCC1(N2CCOCC2)CCSC1. The van der Waals surface area contributed by atoms with E-state index in [1.54, 1.807) is 11.8 Å². The first-order valence-electron chi connectivity index (χ1n) is 8.14. The first kappa shape index (κ1) is 17.1. The number of carbonyl (C=O) groups is 1. The highest BCUT2D eigenvalue weighted by Crippen LogP contribution is 2.33. The zero-order valence-corrected chi connectivity index (χ0v) is 15.0. The Balaban J connectivity index is 1.49. The third-order valence-electron chi connectivity index (χ3n) is 4.49. The quantitative estimate of drug-likeness (QED) is 0.794. The van der Waals surface area contributed by atoms with Crippen molar-refractivity contribution in [3.05, 3.63) is 30.3 Å². The molecule has 0 radical (unpaired) electrons. The monoisotopic (exact) mass is 352 g/mol. The van der Waals surface area contributed by atoms with Crippen molar-refractivity contribution >= 4 is 29.4 Å². The van der Waals surface area contributed by atoms with Gasteiger partial charge in [0.2, 0.25) is 5.91 Å². The minimum Gasteiger partial charge on any atom is -0.379 e. The number of benzene rings is 1. The van der Waals surface area contributed by atoms with Crippen LogP contribution in [0.1, 0.15) is 6.42 Å². The summed E-state index contributed by atoms with van der Waals surface area (Å²) in [6.07, 6.45) is 1.16. The van der Waals surface area contributed by atoms with Gasteiger partial charge in [-0.1, -0.05) is 18.2 Å². The van der Waals surface area contributed by atoms with E-state index in [2.05, 4.69) is 10.2 Å². The highest BCUT2D eigenvalue weighted by atomic mass is 32.2. The normalized spacial score (nSPS) is 25.4. The molecule has 6 heteroatoms. The van der Waals surface area contributed by atoms with E-state index < -0.39 is 0 Å². The lowest BCUT2D eigenvalue weighted by molar-refractivity contribution is -0.119. The van der Waals surface area contributed by atoms with Crippen LogP contribution >= 0.6 is 23.5 Å². The molecule has 3 rings (SSSR count). The van der Waals surface area contributed by atoms with Crippen LogP contribution in [-0.4, -0.2) is 66.5 Å². The minimum absolute atomic E-state index is 0.127. The van der Waals surface area contributed by atoms with Crippen molar-refractivity contribution < 1.29 is 9.53 Å². The largest absolute Gasteiger partial charge is 0.379 e. The van der Waals surface area contributed by atoms with E-state index in [9.17, 15) is 4.79 Å². The second kappa shape index (κ2) is 8.42. The lowest BCUT2D eigenvalue weighted by atomic mass is 9.95. The second-order valence-electron chi connectivity index (χ2n) is 6.00. The molecule has 2 aliphatic heterocycles. The predicted molar refractivity (Wildman–Crippen MR) is 97.2 cm³/mol. The molecule has 1 N–H and O–H groups in total. The van der Waals surface area contributed by atoms with Crippen LogP contribution in [0.3, 0.4) is 0 Å². The molecule has 0 bridgehead atoms. The van der Waals surface area contributed by atoms with Gasteiger partial charge in [0.15, 0.2) is 0 Å². The molecule has 1 aromatic carbocycles. The van der Waals surface area contributed by atoms with E-state index in [1.807, 2.05) is 42.1 Å². The topological polar surface area (TPSA) is 41.6 Å². The number of carbonyl (C=O) groups excluding carboxylic acids is 1. The summed E-state index contributed by atoms with van der Waals surface area (Å²) < 4.78 is 5.48. The Kier molecular flexibility index (Phi) is 6.28. The minimum atomic E-state index is 0.127. The molecule has 0 aromatic heterocycles. The van der Waals surface area contributed by atoms with Crippen LogP contribution in [-0.2, 0) is 9.53 Å². The zero-order valence-electron chi connectivity index (χ0n) is 13.3. The van der Waals surface area contributed by atoms with E-state index in [0.717, 1.165) is 49.9 Å². The van der Waals surface area contributed by atoms with Crippen LogP contribution in [0.2, 0.25) is 0 Å². The number of hydrogen-bond acceptors (Lipinski definition) is 5. The molecule has 23 heavy (non-hydrogen) atoms. The van der Waals surface area contributed by atoms with Crippen molar-refractivity contribution in [3.8, 4) is 0 Å². The number of nitrogens with one attached hydrogen (secondary N) is 1. The van der Waals surface area contributed by atoms with Crippen molar-refractivity contribution in [2.45, 2.75) is 16.9 Å². The number of amides is 1. The fourth-order valence-corrected chi connectivity index (χ4v) is 5.34. The van der Waals surface area contributed by atoms with Crippen molar-refractivity contribution in [2.75, 3.05) is 50.1 Å². The van der Waals surface area contributed by atoms with Crippen LogP contribution in [0.15, 0.2) is 35.2 Å². The van der Waals surface area contributed by atoms with E-state index in [-0.39, 0.29) is 11.4 Å². The van der Waals surface area contributed by atoms with E-state index >= 15 is 0 Å². The molecule has 2 saturated heterocycles. The molecule has 4 nitrogen and oxygen atoms in total. The average Bonchev–Trinajstić information content (AvgIpc) is 3.10. The molecule has 1 atom stereocenters. The molecule has 2 fully saturated rings. The first-order valence-corrected chi connectivity index (χ1v) is 10.3. The number of hydrogen-bond donors (Lipinski definition) is 1. The third-order valence-corrected chi connectivity index (χ3v) is 6.74. The zero-order chi connectivity index (χ0) is 16.0. The van der Waals surface area contributed by atoms with Gasteiger partial charge in [0.1, 0.15) is 0 Å². The van der Waals surface area contributed by atoms with E-state index in [1.165, 1.54) is 5.75 Å². The maximum absolute atomic E-state index is 12.2. The van der Waals surface area contributed by atoms with Crippen molar-refractivity contribution in [2.24, 2.45) is 0 Å². The lowest BCUT2D eigenvalue weighted by Gasteiger charge is -2.43. The van der Waals surface area contributed by atoms with Crippen LogP contribution in [0, 0.1) is 0 Å². The Morgan fingerprint density at radius 1 is 1.30 bits per heavy atom. The number of rotatable bonds is 6. The first-order chi connectivity index (χ1) is 11.3. The van der Waals surface area contributed by atoms with Gasteiger partial charge in [-0.3, -0.25) is 9.69 Å². The molecule has 1 unspecified atom stereocenters. The van der Waals surface area contributed by atoms with Gasteiger partial charge >= 0.3 is 0 Å². The Morgan fingerprint density at radius 2 is 2.09 bits per heavy atom. The number of ether oxygens (including phenoxy) is 1. The molecule has 1 aromatic rings. The highest BCUT2D eigenvalue weighted by molar-refractivity contribution is 8.00. The van der Waals surface area contributed by atoms with Crippen LogP contribution in [0.5, 0.6) is 0 Å². The predicted octanol–water partition coefficient (Wildman–Crippen LogP) is 2.10. The van der Waals surface area contributed by atoms with Gasteiger partial charge in [-0.15, -0.1) is 11.8 Å². The van der Waals surface area contributed by atoms with Crippen LogP contribution < -0.4 is 5.32 Å². The van der Waals surface area contributed by atoms with Crippen molar-refractivity contribution in [1.29, 1.82) is 0 Å². The molecule has 0 aliphatic carbocycles. The summed E-state index contributed by atoms with van der Waals surface area (Å²) in [4.78, 5) is 15.9. The number of nitrogens with zero attached hydrogens (tertiary/aromatic N) is 1. The van der Waals surface area contributed by atoms with E-state index in [0.29, 0.717) is 5.75 Å². The van der Waals surface area contributed by atoms with Gasteiger partial charge in [-0.25, -0.2) is 0 Å². The maximum Gasteiger partial charge on any atom is 0.230 e. The average molecular weight is 353 g/mol. The molecular weight excluding hydrogens is 328 g/mol. The summed E-state index contributed by atoms with van der Waals surface area (Å²) in [6.45, 7) is 4.34. The fraction of sp³-hybridized carbons (Fsp3) is 0.588. The number of thioether (sulfide) groups is 2. The van der Waals surface area contributed by atoms with Gasteiger partial charge in [0, 0.05) is 35.8 Å². The summed E-state index contributed by atoms with van der Waals surface area (Å²) in [5, 5.41) is 3.18. The Hall–Kier alpha value is -0.690. The second-order valence-corrected chi connectivity index (χ2v) is 8.16. The molecule has 0 saturated carbocycles. The molecule has 2 aliphatic rings. The summed E-state index contributed by atoms with van der Waals surface area (Å²) in [7, 11) is 0. The molecule has 1 amide bonds. The van der Waals surface area contributed by atoms with E-state index in [4.69, 9.17) is 4.74 Å². The van der Waals surface area contributed by atoms with Crippen molar-refractivity contribution in [1.82, 2.24) is 10.2 Å². The summed E-state index contributed by atoms with van der Waals surface area (Å²) in [5.41, 5.74) is 0.127. The van der Waals surface area contributed by atoms with Crippen LogP contribution in [0.25, 0.3) is 0 Å². The van der Waals surface area contributed by atoms with Gasteiger partial charge in [0.05, 0.1) is 19.0 Å². The standard InChI is InChI=1S/C17H24N2O2S2/c20-16(12-23-15-4-2-1-3-5-15)18-13-17(6-11-22-14-17)19-7-9-21-10-8-19/h1-5H,6-14H2,(H,18,20). The van der Waals surface area contributed by atoms with Crippen molar-refractivity contribution in [3.63, 3.8) is 0 Å². The Morgan fingerprint density at radius 3 is 2.78 bits per heavy atom. The lowest BCUT2D eigenvalue weighted by Crippen LogP contribution is -2.59. The Labute approximate surface area is 146 Å². The fourth-order valence-electron chi connectivity index (χ4n) is 3.11. The third kappa shape index (κ3) is 4.66. The Bertz CT molecular complexity index is 501. The molecule has 2 heterocycles. The van der Waals surface area contributed by atoms with Gasteiger partial charge in [-0.2, -0.15) is 11.8 Å². The van der Waals surface area contributed by atoms with Gasteiger partial charge in [0.25, 0.3) is 0 Å². The molecule has 126 valence electrons. The summed E-state index contributed by atoms with van der Waals surface area (Å²) in [6, 6.07) is 10.1.